The molecule has 0 aliphatic heterocycles. The van der Waals surface area contributed by atoms with Crippen molar-refractivity contribution >= 4 is 46.5 Å². The molecule has 0 radical (unpaired) electrons. The normalized spacial score (nSPS) is 9.86. The molecule has 1 N–H and O–H groups in total. The molecule has 0 unspecified atom stereocenters. The van der Waals surface area contributed by atoms with Crippen molar-refractivity contribution in [1.82, 2.24) is 0 Å². The van der Waals surface area contributed by atoms with Gasteiger partial charge < -0.3 is 5.11 Å². The zero-order valence-electron chi connectivity index (χ0n) is 13.7. The van der Waals surface area contributed by atoms with Crippen LogP contribution in [0.5, 0.6) is 0 Å². The second kappa shape index (κ2) is 23.9. The third kappa shape index (κ3) is 25.6. The summed E-state index contributed by atoms with van der Waals surface area (Å²) in [6, 6.07) is 0. The topological polar surface area (TPSA) is 37.3 Å². The Bertz CT molecular complexity index is 213. The number of carboxylic acid groups (broad SMARTS) is 1. The molecule has 0 saturated heterocycles. The van der Waals surface area contributed by atoms with Crippen LogP contribution in [0, 0.1) is 0 Å². The molecule has 2 nitrogen and oxygen atoms in total. The predicted molar refractivity (Wildman–Crippen MR) is 106 cm³/mol. The molecule has 0 aliphatic carbocycles. The first-order valence-corrected chi connectivity index (χ1v) is 8.99. The average Bonchev–Trinajstić information content (AvgIpc) is 2.43. The molecular weight excluding hydrogens is 299 g/mol. The van der Waals surface area contributed by atoms with Gasteiger partial charge in [0.1, 0.15) is 0 Å². The van der Waals surface area contributed by atoms with Crippen LogP contribution in [-0.4, -0.2) is 51.6 Å². The van der Waals surface area contributed by atoms with Crippen LogP contribution in [0.25, 0.3) is 0 Å². The Hall–Kier alpha value is 0.687. The maximum Gasteiger partial charge on any atom is -0.0149 e. The molecule has 0 spiro atoms. The summed E-state index contributed by atoms with van der Waals surface area (Å²) in [4.78, 5) is 10.3. The summed E-state index contributed by atoms with van der Waals surface area (Å²) in [5, 5.41) is 8.52. The third-order valence-electron chi connectivity index (χ3n) is 3.99. The number of carbonyl (C=O) groups is 1. The van der Waals surface area contributed by atoms with Gasteiger partial charge in [-0.1, -0.05) is 96.8 Å². The van der Waals surface area contributed by atoms with Crippen molar-refractivity contribution in [3.63, 3.8) is 0 Å². The minimum atomic E-state index is -0.653. The Balaban J connectivity index is -0.00000180. The fourth-order valence-electron chi connectivity index (χ4n) is 2.65. The Morgan fingerprint density at radius 1 is 0.636 bits per heavy atom. The first kappa shape index (κ1) is 27.5. The molecule has 0 atom stereocenters. The van der Waals surface area contributed by atoms with Gasteiger partial charge in [-0.3, -0.25) is 4.79 Å². The van der Waals surface area contributed by atoms with Gasteiger partial charge in [0.2, 0.25) is 0 Å². The maximum absolute atomic E-state index is 10.3. The van der Waals surface area contributed by atoms with Crippen molar-refractivity contribution in [1.29, 1.82) is 0 Å². The second-order valence-electron chi connectivity index (χ2n) is 6.09. The Kier molecular flexibility index (Phi) is 30.0. The molecule has 22 heavy (non-hydrogen) atoms. The molecular formula is C18H41NaO2Si. The average molecular weight is 341 g/mol. The molecule has 0 aromatic rings. The van der Waals surface area contributed by atoms with Gasteiger partial charge in [0, 0.05) is 6.42 Å². The van der Waals surface area contributed by atoms with E-state index in [-0.39, 0.29) is 40.5 Å². The number of carboxylic acids is 1. The van der Waals surface area contributed by atoms with E-state index >= 15 is 0 Å². The summed E-state index contributed by atoms with van der Waals surface area (Å²) in [7, 11) is 0. The summed E-state index contributed by atoms with van der Waals surface area (Å²) in [5.74, 6) is -0.653. The van der Waals surface area contributed by atoms with Gasteiger partial charge in [-0.2, -0.15) is 0 Å². The molecule has 0 fully saturated rings. The number of aliphatic carboxylic acids is 1. The van der Waals surface area contributed by atoms with Crippen LogP contribution in [0.3, 0.4) is 0 Å². The smallest absolute Gasteiger partial charge is 0.0149 e. The molecule has 0 amide bonds. The van der Waals surface area contributed by atoms with E-state index in [1.54, 1.807) is 0 Å². The third-order valence-corrected chi connectivity index (χ3v) is 3.99. The summed E-state index contributed by atoms with van der Waals surface area (Å²) < 4.78 is 0. The Labute approximate surface area is 165 Å². The molecule has 130 valence electrons. The van der Waals surface area contributed by atoms with E-state index in [0.29, 0.717) is 6.42 Å². The molecule has 0 saturated carbocycles. The van der Waals surface area contributed by atoms with Crippen molar-refractivity contribution in [3.8, 4) is 0 Å². The Morgan fingerprint density at radius 2 is 0.909 bits per heavy atom. The molecule has 4 heteroatoms. The zero-order chi connectivity index (χ0) is 14.9. The van der Waals surface area contributed by atoms with E-state index in [0.717, 1.165) is 12.8 Å². The van der Waals surface area contributed by atoms with E-state index in [4.69, 9.17) is 5.11 Å². The molecule has 0 bridgehead atoms. The SMILES string of the molecule is CCCCCCCCCCCCCCCCCC(=O)O.[NaH].[SiH4]. The van der Waals surface area contributed by atoms with Crippen LogP contribution in [0.2, 0.25) is 0 Å². The van der Waals surface area contributed by atoms with E-state index < -0.39 is 5.97 Å². The monoisotopic (exact) mass is 340 g/mol. The van der Waals surface area contributed by atoms with E-state index in [2.05, 4.69) is 6.92 Å². The van der Waals surface area contributed by atoms with Crippen LogP contribution < -0.4 is 0 Å². The fourth-order valence-corrected chi connectivity index (χ4v) is 2.65. The first-order valence-electron chi connectivity index (χ1n) is 8.99. The summed E-state index contributed by atoms with van der Waals surface area (Å²) >= 11 is 0. The van der Waals surface area contributed by atoms with E-state index in [1.807, 2.05) is 0 Å². The van der Waals surface area contributed by atoms with E-state index in [9.17, 15) is 4.79 Å². The fraction of sp³-hybridized carbons (Fsp3) is 0.944. The Morgan fingerprint density at radius 3 is 1.18 bits per heavy atom. The van der Waals surface area contributed by atoms with Crippen LogP contribution >= 0.6 is 0 Å². The van der Waals surface area contributed by atoms with Gasteiger partial charge in [0.05, 0.1) is 0 Å². The summed E-state index contributed by atoms with van der Waals surface area (Å²) in [6.07, 6.45) is 20.2. The number of rotatable bonds is 16. The van der Waals surface area contributed by atoms with Crippen LogP contribution in [0.1, 0.15) is 110 Å². The minimum Gasteiger partial charge on any atom is -0.0149 e. The maximum atomic E-state index is 10.3. The zero-order valence-corrected chi connectivity index (χ0v) is 13.7. The number of hydrogen-bond donors (Lipinski definition) is 1. The summed E-state index contributed by atoms with van der Waals surface area (Å²) in [6.45, 7) is 2.27. The first-order chi connectivity index (χ1) is 9.77. The van der Waals surface area contributed by atoms with Crippen molar-refractivity contribution in [2.45, 2.75) is 110 Å². The van der Waals surface area contributed by atoms with Crippen molar-refractivity contribution in [2.75, 3.05) is 0 Å². The largest absolute Gasteiger partial charge is 0.0149 e. The predicted octanol–water partition coefficient (Wildman–Crippen LogP) is 4.23. The number of hydrogen-bond acceptors (Lipinski definition) is 1. The van der Waals surface area contributed by atoms with Gasteiger partial charge >= 0.3 is 35.5 Å². The molecule has 0 aromatic carbocycles. The van der Waals surface area contributed by atoms with E-state index in [1.165, 1.54) is 83.5 Å². The van der Waals surface area contributed by atoms with Crippen molar-refractivity contribution < 1.29 is 9.90 Å². The van der Waals surface area contributed by atoms with Crippen LogP contribution in [0.15, 0.2) is 0 Å². The minimum absolute atomic E-state index is 0. The quantitative estimate of drug-likeness (QED) is 0.337. The standard InChI is InChI=1S/C18H36O2.Na.H4Si.H/c1-2-3-4-5-6-7-8-9-10-11-12-13-14-15-16-17-18(19)20;;;/h2-17H2,1H3,(H,19,20);;1H4;. The van der Waals surface area contributed by atoms with Gasteiger partial charge in [-0.05, 0) is 17.4 Å². The van der Waals surface area contributed by atoms with Gasteiger partial charge in [0.15, 0.2) is 0 Å². The van der Waals surface area contributed by atoms with Crippen molar-refractivity contribution in [2.24, 2.45) is 0 Å². The van der Waals surface area contributed by atoms with Crippen LogP contribution in [-0.2, 0) is 4.79 Å². The van der Waals surface area contributed by atoms with Crippen LogP contribution in [0.4, 0.5) is 0 Å². The van der Waals surface area contributed by atoms with Crippen molar-refractivity contribution in [3.05, 3.63) is 0 Å². The van der Waals surface area contributed by atoms with Gasteiger partial charge in [-0.25, -0.2) is 0 Å². The number of unbranched alkanes of at least 4 members (excludes halogenated alkanes) is 14. The molecule has 0 rings (SSSR count). The van der Waals surface area contributed by atoms with Gasteiger partial charge in [-0.15, -0.1) is 0 Å². The second-order valence-corrected chi connectivity index (χ2v) is 6.09. The molecule has 0 heterocycles. The molecule has 0 aliphatic rings. The summed E-state index contributed by atoms with van der Waals surface area (Å²) in [5.41, 5.74) is 0. The van der Waals surface area contributed by atoms with Gasteiger partial charge in [0.25, 0.3) is 0 Å². The molecule has 0 aromatic heterocycles.